The van der Waals surface area contributed by atoms with E-state index in [9.17, 15) is 0 Å². The molecule has 0 spiro atoms. The smallest absolute Gasteiger partial charge is 0.378 e. The Morgan fingerprint density at radius 1 is 0.762 bits per heavy atom. The molecule has 0 saturated carbocycles. The molecule has 1 unspecified atom stereocenters. The van der Waals surface area contributed by atoms with Gasteiger partial charge in [0.15, 0.2) is 0 Å². The van der Waals surface area contributed by atoms with Crippen molar-refractivity contribution >= 4 is 8.80 Å². The average Bonchev–Trinajstić information content (AvgIpc) is 2.46. The average molecular weight is 321 g/mol. The summed E-state index contributed by atoms with van der Waals surface area (Å²) in [6.07, 6.45) is 6.06. The third kappa shape index (κ3) is 9.63. The molecule has 0 aliphatic rings. The molecule has 4 nitrogen and oxygen atoms in total. The topological polar surface area (TPSA) is 36.9 Å². The van der Waals surface area contributed by atoms with Gasteiger partial charge in [-0.1, -0.05) is 33.1 Å². The van der Waals surface area contributed by atoms with Gasteiger partial charge in [0.1, 0.15) is 0 Å². The van der Waals surface area contributed by atoms with Gasteiger partial charge in [0, 0.05) is 32.5 Å². The van der Waals surface area contributed by atoms with E-state index in [1.54, 1.807) is 0 Å². The Balaban J connectivity index is 4.39. The Morgan fingerprint density at radius 3 is 1.76 bits per heavy atom. The molecule has 0 rings (SSSR count). The van der Waals surface area contributed by atoms with Crippen LogP contribution in [0.5, 0.6) is 0 Å². The number of hydrogen-bond acceptors (Lipinski definition) is 4. The first-order valence-corrected chi connectivity index (χ1v) is 10.6. The standard InChI is InChI=1S/C16H36O4Si/c1-6-11-12-13-14-17-16(7-2)15-21(18-8-3,19-9-4)20-10-5/h16H,6-15H2,1-5H3. The number of hydrogen-bond donors (Lipinski definition) is 0. The summed E-state index contributed by atoms with van der Waals surface area (Å²) in [5.41, 5.74) is 0. The first kappa shape index (κ1) is 21.1. The molecule has 128 valence electrons. The zero-order valence-corrected chi connectivity index (χ0v) is 15.8. The van der Waals surface area contributed by atoms with Crippen LogP contribution in [0.2, 0.25) is 6.04 Å². The molecule has 5 heteroatoms. The van der Waals surface area contributed by atoms with Crippen LogP contribution < -0.4 is 0 Å². The summed E-state index contributed by atoms with van der Waals surface area (Å²) in [5, 5.41) is 0. The predicted octanol–water partition coefficient (Wildman–Crippen LogP) is 4.41. The minimum atomic E-state index is -2.58. The van der Waals surface area contributed by atoms with Crippen molar-refractivity contribution < 1.29 is 18.0 Å². The molecule has 21 heavy (non-hydrogen) atoms. The second-order valence-electron chi connectivity index (χ2n) is 5.15. The molecule has 0 amide bonds. The molecule has 0 radical (unpaired) electrons. The molecular formula is C16H36O4Si. The van der Waals surface area contributed by atoms with Crippen LogP contribution in [0.3, 0.4) is 0 Å². The van der Waals surface area contributed by atoms with Gasteiger partial charge < -0.3 is 18.0 Å². The van der Waals surface area contributed by atoms with Gasteiger partial charge in [-0.25, -0.2) is 0 Å². The zero-order valence-electron chi connectivity index (χ0n) is 14.8. The summed E-state index contributed by atoms with van der Waals surface area (Å²) >= 11 is 0. The number of unbranched alkanes of at least 4 members (excludes halogenated alkanes) is 3. The van der Waals surface area contributed by atoms with Gasteiger partial charge in [-0.15, -0.1) is 0 Å². The fraction of sp³-hybridized carbons (Fsp3) is 1.00. The van der Waals surface area contributed by atoms with Crippen LogP contribution in [0.25, 0.3) is 0 Å². The zero-order chi connectivity index (χ0) is 16.0. The second kappa shape index (κ2) is 13.7. The maximum Gasteiger partial charge on any atom is 0.503 e. The Morgan fingerprint density at radius 2 is 1.33 bits per heavy atom. The van der Waals surface area contributed by atoms with Crippen molar-refractivity contribution in [1.29, 1.82) is 0 Å². The highest BCUT2D eigenvalue weighted by molar-refractivity contribution is 6.60. The van der Waals surface area contributed by atoms with Crippen LogP contribution in [0.1, 0.15) is 66.7 Å². The molecule has 0 N–H and O–H groups in total. The molecule has 0 fully saturated rings. The highest BCUT2D eigenvalue weighted by Crippen LogP contribution is 2.22. The Kier molecular flexibility index (Phi) is 13.7. The highest BCUT2D eigenvalue weighted by atomic mass is 28.4. The van der Waals surface area contributed by atoms with E-state index in [1.807, 2.05) is 20.8 Å². The van der Waals surface area contributed by atoms with Gasteiger partial charge >= 0.3 is 8.80 Å². The SMILES string of the molecule is CCCCCCOC(CC)C[Si](OCC)(OCC)OCC. The van der Waals surface area contributed by atoms with E-state index < -0.39 is 8.80 Å². The normalized spacial score (nSPS) is 13.6. The molecule has 0 aliphatic carbocycles. The lowest BCUT2D eigenvalue weighted by Gasteiger charge is -2.31. The molecule has 0 bridgehead atoms. The maximum absolute atomic E-state index is 6.03. The van der Waals surface area contributed by atoms with E-state index in [2.05, 4.69) is 13.8 Å². The summed E-state index contributed by atoms with van der Waals surface area (Å²) in [5.74, 6) is 0. The maximum atomic E-state index is 6.03. The summed E-state index contributed by atoms with van der Waals surface area (Å²) in [7, 11) is -2.58. The first-order valence-electron chi connectivity index (χ1n) is 8.71. The molecule has 0 heterocycles. The second-order valence-corrected chi connectivity index (χ2v) is 7.79. The van der Waals surface area contributed by atoms with Crippen LogP contribution in [-0.4, -0.2) is 41.3 Å². The molecule has 0 aliphatic heterocycles. The minimum absolute atomic E-state index is 0.169. The van der Waals surface area contributed by atoms with E-state index >= 15 is 0 Å². The summed E-state index contributed by atoms with van der Waals surface area (Å²) in [6.45, 7) is 13.1. The van der Waals surface area contributed by atoms with Crippen LogP contribution in [-0.2, 0) is 18.0 Å². The van der Waals surface area contributed by atoms with Crippen molar-refractivity contribution in [3.8, 4) is 0 Å². The Labute approximate surface area is 132 Å². The van der Waals surface area contributed by atoms with E-state index in [4.69, 9.17) is 18.0 Å². The Hall–Kier alpha value is 0.0569. The molecule has 0 aromatic carbocycles. The lowest BCUT2D eigenvalue weighted by molar-refractivity contribution is 0.0233. The van der Waals surface area contributed by atoms with E-state index in [1.165, 1.54) is 19.3 Å². The van der Waals surface area contributed by atoms with Gasteiger partial charge in [0.2, 0.25) is 0 Å². The predicted molar refractivity (Wildman–Crippen MR) is 89.6 cm³/mol. The van der Waals surface area contributed by atoms with E-state index in [0.29, 0.717) is 19.8 Å². The molecule has 0 aromatic rings. The Bertz CT molecular complexity index is 209. The quantitative estimate of drug-likeness (QED) is 0.331. The molecule has 0 saturated heterocycles. The number of ether oxygens (including phenoxy) is 1. The van der Waals surface area contributed by atoms with Gasteiger partial charge in [0.05, 0.1) is 6.10 Å². The third-order valence-corrected chi connectivity index (χ3v) is 6.52. The van der Waals surface area contributed by atoms with Gasteiger partial charge in [-0.2, -0.15) is 0 Å². The van der Waals surface area contributed by atoms with Crippen molar-refractivity contribution in [2.45, 2.75) is 78.9 Å². The summed E-state index contributed by atoms with van der Waals surface area (Å²) < 4.78 is 23.7. The summed E-state index contributed by atoms with van der Waals surface area (Å²) in [6, 6.07) is 0.757. The third-order valence-electron chi connectivity index (χ3n) is 3.38. The van der Waals surface area contributed by atoms with Gasteiger partial charge in [0.25, 0.3) is 0 Å². The lowest BCUT2D eigenvalue weighted by atomic mass is 10.2. The number of rotatable bonds is 15. The van der Waals surface area contributed by atoms with Crippen molar-refractivity contribution in [2.75, 3.05) is 26.4 Å². The minimum Gasteiger partial charge on any atom is -0.378 e. The highest BCUT2D eigenvalue weighted by Gasteiger charge is 2.42. The van der Waals surface area contributed by atoms with Crippen molar-refractivity contribution in [3.63, 3.8) is 0 Å². The van der Waals surface area contributed by atoms with Gasteiger partial charge in [-0.3, -0.25) is 0 Å². The van der Waals surface area contributed by atoms with E-state index in [0.717, 1.165) is 25.5 Å². The van der Waals surface area contributed by atoms with Crippen LogP contribution in [0, 0.1) is 0 Å². The van der Waals surface area contributed by atoms with Gasteiger partial charge in [-0.05, 0) is 33.6 Å². The van der Waals surface area contributed by atoms with Crippen LogP contribution in [0.4, 0.5) is 0 Å². The van der Waals surface area contributed by atoms with Crippen LogP contribution in [0.15, 0.2) is 0 Å². The monoisotopic (exact) mass is 320 g/mol. The first-order chi connectivity index (χ1) is 10.2. The van der Waals surface area contributed by atoms with E-state index in [-0.39, 0.29) is 6.10 Å². The molecular weight excluding hydrogens is 284 g/mol. The lowest BCUT2D eigenvalue weighted by Crippen LogP contribution is -2.48. The fourth-order valence-electron chi connectivity index (χ4n) is 2.34. The van der Waals surface area contributed by atoms with Crippen molar-refractivity contribution in [1.82, 2.24) is 0 Å². The largest absolute Gasteiger partial charge is 0.503 e. The summed E-state index contributed by atoms with van der Waals surface area (Å²) in [4.78, 5) is 0. The molecule has 1 atom stereocenters. The molecule has 0 aromatic heterocycles. The van der Waals surface area contributed by atoms with Crippen LogP contribution >= 0.6 is 0 Å². The van der Waals surface area contributed by atoms with Crippen molar-refractivity contribution in [2.24, 2.45) is 0 Å². The fourth-order valence-corrected chi connectivity index (χ4v) is 5.23. The van der Waals surface area contributed by atoms with Crippen molar-refractivity contribution in [3.05, 3.63) is 0 Å².